The molecule has 1 aliphatic rings. The van der Waals surface area contributed by atoms with Gasteiger partial charge >= 0.3 is 5.97 Å². The van der Waals surface area contributed by atoms with Gasteiger partial charge in [-0.15, -0.1) is 11.3 Å². The maximum atomic E-state index is 12.4. The van der Waals surface area contributed by atoms with Crippen molar-refractivity contribution in [3.8, 4) is 0 Å². The Balaban J connectivity index is 1.73. The Morgan fingerprint density at radius 1 is 1.24 bits per heavy atom. The molecule has 0 aliphatic heterocycles. The molecule has 3 rings (SSSR count). The Kier molecular flexibility index (Phi) is 3.92. The lowest BCUT2D eigenvalue weighted by Crippen LogP contribution is -2.39. The Bertz CT molecular complexity index is 679. The number of hydrogen-bond acceptors (Lipinski definition) is 3. The summed E-state index contributed by atoms with van der Waals surface area (Å²) in [5.74, 6) is -1.18. The zero-order valence-electron chi connectivity index (χ0n) is 11.5. The maximum Gasteiger partial charge on any atom is 0.306 e. The van der Waals surface area contributed by atoms with E-state index in [1.54, 1.807) is 11.3 Å². The number of thiophene rings is 1. The lowest BCUT2D eigenvalue weighted by Gasteiger charge is -2.27. The first kappa shape index (κ1) is 14.1. The van der Waals surface area contributed by atoms with Gasteiger partial charge in [-0.2, -0.15) is 0 Å². The molecule has 21 heavy (non-hydrogen) atoms. The molecule has 2 aromatic rings. The highest BCUT2D eigenvalue weighted by atomic mass is 32.1. The quantitative estimate of drug-likeness (QED) is 0.914. The number of rotatable bonds is 3. The van der Waals surface area contributed by atoms with Crippen molar-refractivity contribution in [3.63, 3.8) is 0 Å². The number of hydrogen-bond donors (Lipinski definition) is 2. The molecule has 4 nitrogen and oxygen atoms in total. The molecule has 0 saturated heterocycles. The van der Waals surface area contributed by atoms with Crippen LogP contribution in [0.3, 0.4) is 0 Å². The average molecular weight is 303 g/mol. The largest absolute Gasteiger partial charge is 0.481 e. The van der Waals surface area contributed by atoms with E-state index < -0.39 is 5.97 Å². The average Bonchev–Trinajstić information content (AvgIpc) is 2.91. The molecular weight excluding hydrogens is 286 g/mol. The SMILES string of the molecule is O=C(NC1CCCC(C(=O)O)C1)c1csc2ccccc12. The number of nitrogens with one attached hydrogen (secondary N) is 1. The Hall–Kier alpha value is -1.88. The Morgan fingerprint density at radius 2 is 2.05 bits per heavy atom. The van der Waals surface area contributed by atoms with E-state index in [-0.39, 0.29) is 17.9 Å². The molecular formula is C16H17NO3S. The second kappa shape index (κ2) is 5.85. The third-order valence-electron chi connectivity index (χ3n) is 4.08. The molecule has 2 N–H and O–H groups in total. The topological polar surface area (TPSA) is 66.4 Å². The van der Waals surface area contributed by atoms with Gasteiger partial charge in [-0.05, 0) is 25.3 Å². The summed E-state index contributed by atoms with van der Waals surface area (Å²) in [5.41, 5.74) is 0.688. The van der Waals surface area contributed by atoms with Gasteiger partial charge in [-0.25, -0.2) is 0 Å². The van der Waals surface area contributed by atoms with Crippen molar-refractivity contribution in [1.29, 1.82) is 0 Å². The van der Waals surface area contributed by atoms with E-state index in [1.165, 1.54) is 0 Å². The van der Waals surface area contributed by atoms with Gasteiger partial charge in [0.25, 0.3) is 5.91 Å². The molecule has 1 saturated carbocycles. The minimum Gasteiger partial charge on any atom is -0.481 e. The van der Waals surface area contributed by atoms with Crippen molar-refractivity contribution in [2.75, 3.05) is 0 Å². The molecule has 2 unspecified atom stereocenters. The van der Waals surface area contributed by atoms with E-state index >= 15 is 0 Å². The second-order valence-electron chi connectivity index (χ2n) is 5.52. The number of carbonyl (C=O) groups excluding carboxylic acids is 1. The van der Waals surface area contributed by atoms with E-state index in [9.17, 15) is 9.59 Å². The molecule has 1 fully saturated rings. The van der Waals surface area contributed by atoms with Crippen LogP contribution in [0.15, 0.2) is 29.6 Å². The van der Waals surface area contributed by atoms with Crippen LogP contribution >= 0.6 is 11.3 Å². The molecule has 1 amide bonds. The van der Waals surface area contributed by atoms with Gasteiger partial charge in [0.1, 0.15) is 0 Å². The van der Waals surface area contributed by atoms with Crippen molar-refractivity contribution in [3.05, 3.63) is 35.2 Å². The van der Waals surface area contributed by atoms with Gasteiger partial charge < -0.3 is 10.4 Å². The second-order valence-corrected chi connectivity index (χ2v) is 6.43. The minimum atomic E-state index is -0.755. The third-order valence-corrected chi connectivity index (χ3v) is 5.05. The molecule has 1 aromatic heterocycles. The number of carbonyl (C=O) groups is 2. The van der Waals surface area contributed by atoms with E-state index in [1.807, 2.05) is 29.6 Å². The fraction of sp³-hybridized carbons (Fsp3) is 0.375. The minimum absolute atomic E-state index is 0.0361. The van der Waals surface area contributed by atoms with Gasteiger partial charge in [0.15, 0.2) is 0 Å². The first-order chi connectivity index (χ1) is 10.1. The number of carboxylic acid groups (broad SMARTS) is 1. The lowest BCUT2D eigenvalue weighted by molar-refractivity contribution is -0.143. The van der Waals surface area contributed by atoms with Gasteiger partial charge in [-0.1, -0.05) is 24.6 Å². The standard InChI is InChI=1S/C16H17NO3S/c18-15(13-9-21-14-7-2-1-6-12(13)14)17-11-5-3-4-10(8-11)16(19)20/h1-2,6-7,9-11H,3-5,8H2,(H,17,18)(H,19,20). The van der Waals surface area contributed by atoms with Crippen molar-refractivity contribution in [2.45, 2.75) is 31.7 Å². The molecule has 0 radical (unpaired) electrons. The van der Waals surface area contributed by atoms with Crippen LogP contribution in [0.2, 0.25) is 0 Å². The summed E-state index contributed by atoms with van der Waals surface area (Å²) in [5, 5.41) is 14.9. The summed E-state index contributed by atoms with van der Waals surface area (Å²) in [6.45, 7) is 0. The zero-order chi connectivity index (χ0) is 14.8. The van der Waals surface area contributed by atoms with Crippen molar-refractivity contribution in [1.82, 2.24) is 5.32 Å². The number of amides is 1. The molecule has 1 aromatic carbocycles. The van der Waals surface area contributed by atoms with E-state index in [0.717, 1.165) is 22.9 Å². The van der Waals surface area contributed by atoms with Gasteiger partial charge in [0.2, 0.25) is 0 Å². The summed E-state index contributed by atoms with van der Waals surface area (Å²) < 4.78 is 1.09. The molecule has 2 atom stereocenters. The van der Waals surface area contributed by atoms with Crippen LogP contribution in [0.1, 0.15) is 36.0 Å². The predicted octanol–water partition coefficient (Wildman–Crippen LogP) is 3.27. The van der Waals surface area contributed by atoms with Crippen LogP contribution in [0, 0.1) is 5.92 Å². The van der Waals surface area contributed by atoms with Crippen LogP contribution in [-0.4, -0.2) is 23.0 Å². The summed E-state index contributed by atoms with van der Waals surface area (Å²) in [6.07, 6.45) is 2.95. The summed E-state index contributed by atoms with van der Waals surface area (Å²) in [7, 11) is 0. The lowest BCUT2D eigenvalue weighted by atomic mass is 9.85. The first-order valence-corrected chi connectivity index (χ1v) is 8.03. The van der Waals surface area contributed by atoms with E-state index in [4.69, 9.17) is 5.11 Å². The van der Waals surface area contributed by atoms with Crippen LogP contribution in [0.4, 0.5) is 0 Å². The summed E-state index contributed by atoms with van der Waals surface area (Å²) in [4.78, 5) is 23.5. The van der Waals surface area contributed by atoms with Crippen molar-refractivity contribution in [2.24, 2.45) is 5.92 Å². The summed E-state index contributed by atoms with van der Waals surface area (Å²) >= 11 is 1.55. The van der Waals surface area contributed by atoms with Gasteiger partial charge in [0, 0.05) is 21.5 Å². The normalized spacial score (nSPS) is 22.1. The monoisotopic (exact) mass is 303 g/mol. The van der Waals surface area contributed by atoms with Gasteiger partial charge in [-0.3, -0.25) is 9.59 Å². The highest BCUT2D eigenvalue weighted by Gasteiger charge is 2.28. The number of carboxylic acids is 1. The highest BCUT2D eigenvalue weighted by Crippen LogP contribution is 2.27. The Labute approximate surface area is 126 Å². The fourth-order valence-corrected chi connectivity index (χ4v) is 3.90. The van der Waals surface area contributed by atoms with E-state index in [2.05, 4.69) is 5.32 Å². The van der Waals surface area contributed by atoms with Crippen LogP contribution in [0.5, 0.6) is 0 Å². The van der Waals surface area contributed by atoms with Crippen molar-refractivity contribution >= 4 is 33.3 Å². The highest BCUT2D eigenvalue weighted by molar-refractivity contribution is 7.17. The van der Waals surface area contributed by atoms with Crippen molar-refractivity contribution < 1.29 is 14.7 Å². The van der Waals surface area contributed by atoms with Crippen LogP contribution in [0.25, 0.3) is 10.1 Å². The fourth-order valence-electron chi connectivity index (χ4n) is 2.96. The molecule has 110 valence electrons. The maximum absolute atomic E-state index is 12.4. The zero-order valence-corrected chi connectivity index (χ0v) is 12.4. The van der Waals surface area contributed by atoms with Crippen LogP contribution < -0.4 is 5.32 Å². The third kappa shape index (κ3) is 2.93. The van der Waals surface area contributed by atoms with Crippen LogP contribution in [-0.2, 0) is 4.79 Å². The van der Waals surface area contributed by atoms with E-state index in [0.29, 0.717) is 18.4 Å². The molecule has 0 bridgehead atoms. The first-order valence-electron chi connectivity index (χ1n) is 7.15. The molecule has 5 heteroatoms. The number of aliphatic carboxylic acids is 1. The van der Waals surface area contributed by atoms with Gasteiger partial charge in [0.05, 0.1) is 11.5 Å². The molecule has 1 heterocycles. The smallest absolute Gasteiger partial charge is 0.306 e. The predicted molar refractivity (Wildman–Crippen MR) is 82.7 cm³/mol. The summed E-state index contributed by atoms with van der Waals surface area (Å²) in [6, 6.07) is 7.79. The number of benzene rings is 1. The molecule has 0 spiro atoms. The molecule has 1 aliphatic carbocycles. The Morgan fingerprint density at radius 3 is 2.86 bits per heavy atom. The number of fused-ring (bicyclic) bond motifs is 1.